The number of nitrogens with zero attached hydrogens (tertiary/aromatic N) is 1. The molecule has 0 aromatic heterocycles. The Morgan fingerprint density at radius 2 is 1.48 bits per heavy atom. The van der Waals surface area contributed by atoms with Crippen LogP contribution in [0, 0.1) is 0 Å². The molecule has 0 aliphatic rings. The molecule has 0 heterocycles. The van der Waals surface area contributed by atoms with Gasteiger partial charge in [0.25, 0.3) is 5.91 Å². The van der Waals surface area contributed by atoms with Crippen LogP contribution >= 0.6 is 0 Å². The molecule has 40 heavy (non-hydrogen) atoms. The maximum absolute atomic E-state index is 13.0. The van der Waals surface area contributed by atoms with Crippen molar-refractivity contribution in [2.75, 3.05) is 43.9 Å². The van der Waals surface area contributed by atoms with Crippen molar-refractivity contribution in [3.8, 4) is 23.0 Å². The fourth-order valence-corrected chi connectivity index (χ4v) is 3.70. The average Bonchev–Trinajstić information content (AvgIpc) is 2.92. The molecular formula is C28H31F3N4O5. The van der Waals surface area contributed by atoms with Crippen LogP contribution in [0.4, 0.5) is 29.3 Å². The van der Waals surface area contributed by atoms with Crippen LogP contribution in [0.25, 0.3) is 0 Å². The number of nitrogens with one attached hydrogen (secondary N) is 3. The van der Waals surface area contributed by atoms with Gasteiger partial charge >= 0.3 is 12.4 Å². The third kappa shape index (κ3) is 9.09. The van der Waals surface area contributed by atoms with E-state index >= 15 is 0 Å². The number of benzene rings is 3. The molecule has 0 aliphatic carbocycles. The summed E-state index contributed by atoms with van der Waals surface area (Å²) in [5.41, 5.74) is 0.606. The topological polar surface area (TPSA) is 101 Å². The molecule has 3 N–H and O–H groups in total. The van der Waals surface area contributed by atoms with Gasteiger partial charge in [-0.15, -0.1) is 13.2 Å². The van der Waals surface area contributed by atoms with E-state index in [0.717, 1.165) is 19.2 Å². The predicted molar refractivity (Wildman–Crippen MR) is 145 cm³/mol. The van der Waals surface area contributed by atoms with E-state index in [2.05, 4.69) is 25.6 Å². The third-order valence-electron chi connectivity index (χ3n) is 5.71. The van der Waals surface area contributed by atoms with Crippen molar-refractivity contribution in [2.45, 2.75) is 20.2 Å². The van der Waals surface area contributed by atoms with E-state index in [1.807, 2.05) is 13.8 Å². The van der Waals surface area contributed by atoms with Crippen molar-refractivity contribution in [3.63, 3.8) is 0 Å². The van der Waals surface area contributed by atoms with E-state index in [1.54, 1.807) is 30.3 Å². The molecule has 12 heteroatoms. The quantitative estimate of drug-likeness (QED) is 0.247. The first-order valence-electron chi connectivity index (χ1n) is 12.5. The van der Waals surface area contributed by atoms with Crippen molar-refractivity contribution >= 4 is 23.3 Å². The minimum absolute atomic E-state index is 0.0216. The number of carbonyl (C=O) groups is 2. The number of hydrogen-bond acceptors (Lipinski definition) is 6. The number of amides is 3. The van der Waals surface area contributed by atoms with Gasteiger partial charge < -0.3 is 35.1 Å². The van der Waals surface area contributed by atoms with Gasteiger partial charge in [0.2, 0.25) is 0 Å². The molecule has 3 amide bonds. The molecule has 0 atom stereocenters. The molecule has 3 rings (SSSR count). The normalized spacial score (nSPS) is 11.1. The van der Waals surface area contributed by atoms with E-state index in [-0.39, 0.29) is 28.7 Å². The van der Waals surface area contributed by atoms with Gasteiger partial charge in [-0.3, -0.25) is 4.79 Å². The SMILES string of the molecule is CCN(CC)CCNC(=O)c1ccc(NC(=O)Nc2ccc(Oc3ccccc3)c(OC(F)(F)F)c2)cc1OC. The number of halogens is 3. The number of anilines is 2. The fraction of sp³-hybridized carbons (Fsp3) is 0.286. The molecule has 0 fully saturated rings. The number of hydrogen-bond donors (Lipinski definition) is 3. The number of urea groups is 1. The lowest BCUT2D eigenvalue weighted by molar-refractivity contribution is -0.275. The lowest BCUT2D eigenvalue weighted by atomic mass is 10.1. The molecule has 0 bridgehead atoms. The second-order valence-corrected chi connectivity index (χ2v) is 8.40. The Kier molecular flexibility index (Phi) is 10.6. The lowest BCUT2D eigenvalue weighted by Gasteiger charge is -2.18. The summed E-state index contributed by atoms with van der Waals surface area (Å²) in [7, 11) is 1.40. The number of carbonyl (C=O) groups excluding carboxylic acids is 2. The highest BCUT2D eigenvalue weighted by Crippen LogP contribution is 2.37. The maximum atomic E-state index is 13.0. The van der Waals surface area contributed by atoms with Gasteiger partial charge in [0.1, 0.15) is 11.5 Å². The molecule has 0 radical (unpaired) electrons. The Labute approximate surface area is 230 Å². The molecule has 0 spiro atoms. The van der Waals surface area contributed by atoms with Crippen LogP contribution in [0.2, 0.25) is 0 Å². The largest absolute Gasteiger partial charge is 0.573 e. The van der Waals surface area contributed by atoms with E-state index in [4.69, 9.17) is 9.47 Å². The van der Waals surface area contributed by atoms with Gasteiger partial charge in [-0.2, -0.15) is 0 Å². The minimum Gasteiger partial charge on any atom is -0.496 e. The summed E-state index contributed by atoms with van der Waals surface area (Å²) < 4.78 is 54.0. The molecule has 3 aromatic rings. The molecule has 0 aliphatic heterocycles. The first-order valence-corrected chi connectivity index (χ1v) is 12.5. The second kappa shape index (κ2) is 14.1. The number of likely N-dealkylation sites (N-methyl/N-ethyl adjacent to an activating group) is 1. The van der Waals surface area contributed by atoms with Gasteiger partial charge in [0.15, 0.2) is 11.5 Å². The van der Waals surface area contributed by atoms with Crippen molar-refractivity contribution < 1.29 is 37.0 Å². The van der Waals surface area contributed by atoms with Gasteiger partial charge in [-0.05, 0) is 49.5 Å². The van der Waals surface area contributed by atoms with Crippen molar-refractivity contribution in [3.05, 3.63) is 72.3 Å². The number of para-hydroxylation sites is 1. The summed E-state index contributed by atoms with van der Waals surface area (Å²) in [5, 5.41) is 7.86. The first-order chi connectivity index (χ1) is 19.1. The van der Waals surface area contributed by atoms with E-state index < -0.39 is 18.1 Å². The number of ether oxygens (including phenoxy) is 3. The number of rotatable bonds is 12. The summed E-state index contributed by atoms with van der Waals surface area (Å²) >= 11 is 0. The summed E-state index contributed by atoms with van der Waals surface area (Å²) in [5.74, 6) is -0.600. The smallest absolute Gasteiger partial charge is 0.496 e. The zero-order valence-electron chi connectivity index (χ0n) is 22.3. The third-order valence-corrected chi connectivity index (χ3v) is 5.71. The van der Waals surface area contributed by atoms with Gasteiger partial charge in [0, 0.05) is 36.6 Å². The van der Waals surface area contributed by atoms with Crippen LogP contribution in [0.1, 0.15) is 24.2 Å². The minimum atomic E-state index is -4.98. The highest BCUT2D eigenvalue weighted by Gasteiger charge is 2.33. The predicted octanol–water partition coefficient (Wildman–Crippen LogP) is 6.10. The standard InChI is InChI=1S/C28H31F3N4O5/c1-4-35(5-2)16-15-32-26(36)22-13-11-19(17-24(22)38-3)33-27(37)34-20-12-14-23(25(18-20)40-28(29,30)31)39-21-9-7-6-8-10-21/h6-14,17-18H,4-5,15-16H2,1-3H3,(H,32,36)(H2,33,34,37). The van der Waals surface area contributed by atoms with Gasteiger partial charge in [-0.25, -0.2) is 4.79 Å². The fourth-order valence-electron chi connectivity index (χ4n) is 3.70. The molecule has 0 unspecified atom stereocenters. The van der Waals surface area contributed by atoms with E-state index in [0.29, 0.717) is 24.5 Å². The maximum Gasteiger partial charge on any atom is 0.573 e. The molecule has 3 aromatic carbocycles. The molecular weight excluding hydrogens is 529 g/mol. The summed E-state index contributed by atoms with van der Waals surface area (Å²) in [6.45, 7) is 7.00. The Balaban J connectivity index is 1.68. The summed E-state index contributed by atoms with van der Waals surface area (Å²) in [6, 6.07) is 15.6. The molecule has 9 nitrogen and oxygen atoms in total. The van der Waals surface area contributed by atoms with Gasteiger partial charge in [-0.1, -0.05) is 32.0 Å². The molecule has 0 saturated carbocycles. The first kappa shape index (κ1) is 30.1. The van der Waals surface area contributed by atoms with Crippen molar-refractivity contribution in [2.24, 2.45) is 0 Å². The van der Waals surface area contributed by atoms with Crippen molar-refractivity contribution in [1.82, 2.24) is 10.2 Å². The highest BCUT2D eigenvalue weighted by atomic mass is 19.4. The van der Waals surface area contributed by atoms with Crippen LogP contribution in [0.3, 0.4) is 0 Å². The lowest BCUT2D eigenvalue weighted by Crippen LogP contribution is -2.34. The van der Waals surface area contributed by atoms with Crippen LogP contribution in [0.15, 0.2) is 66.7 Å². The Morgan fingerprint density at radius 1 is 0.850 bits per heavy atom. The van der Waals surface area contributed by atoms with Crippen LogP contribution in [-0.4, -0.2) is 56.5 Å². The molecule has 214 valence electrons. The Bertz CT molecular complexity index is 1280. The zero-order chi connectivity index (χ0) is 29.1. The average molecular weight is 561 g/mol. The van der Waals surface area contributed by atoms with Crippen LogP contribution < -0.4 is 30.2 Å². The number of alkyl halides is 3. The highest BCUT2D eigenvalue weighted by molar-refractivity contribution is 6.01. The van der Waals surface area contributed by atoms with Crippen LogP contribution in [0.5, 0.6) is 23.0 Å². The molecule has 0 saturated heterocycles. The summed E-state index contributed by atoms with van der Waals surface area (Å²) in [6.07, 6.45) is -4.98. The Hall–Kier alpha value is -4.45. The van der Waals surface area contributed by atoms with E-state index in [1.165, 1.54) is 37.4 Å². The van der Waals surface area contributed by atoms with Crippen molar-refractivity contribution in [1.29, 1.82) is 0 Å². The van der Waals surface area contributed by atoms with Crippen LogP contribution in [-0.2, 0) is 0 Å². The Morgan fingerprint density at radius 3 is 2.08 bits per heavy atom. The van der Waals surface area contributed by atoms with Gasteiger partial charge in [0.05, 0.1) is 12.7 Å². The second-order valence-electron chi connectivity index (χ2n) is 8.40. The van der Waals surface area contributed by atoms with E-state index in [9.17, 15) is 22.8 Å². The zero-order valence-corrected chi connectivity index (χ0v) is 22.3. The number of methoxy groups -OCH3 is 1. The summed E-state index contributed by atoms with van der Waals surface area (Å²) in [4.78, 5) is 27.4. The monoisotopic (exact) mass is 560 g/mol.